The van der Waals surface area contributed by atoms with Gasteiger partial charge in [-0.2, -0.15) is 0 Å². The molecule has 1 aliphatic heterocycles. The first-order chi connectivity index (χ1) is 15.9. The molecule has 5 nitrogen and oxygen atoms in total. The number of rotatable bonds is 4. The van der Waals surface area contributed by atoms with Crippen LogP contribution < -0.4 is 0 Å². The number of carbonyl (C=O) groups excluding carboxylic acids is 1. The fraction of sp³-hybridized carbons (Fsp3) is 0.292. The van der Waals surface area contributed by atoms with E-state index in [1.807, 2.05) is 11.8 Å². The summed E-state index contributed by atoms with van der Waals surface area (Å²) in [5.74, 6) is -0.268. The zero-order valence-electron chi connectivity index (χ0n) is 17.9. The van der Waals surface area contributed by atoms with Gasteiger partial charge in [-0.1, -0.05) is 23.7 Å². The highest BCUT2D eigenvalue weighted by molar-refractivity contribution is 7.15. The van der Waals surface area contributed by atoms with E-state index in [4.69, 9.17) is 11.6 Å². The summed E-state index contributed by atoms with van der Waals surface area (Å²) in [6.07, 6.45) is 3.29. The van der Waals surface area contributed by atoms with Gasteiger partial charge in [0, 0.05) is 25.1 Å². The van der Waals surface area contributed by atoms with Crippen LogP contribution in [-0.4, -0.2) is 38.3 Å². The second kappa shape index (κ2) is 8.83. The van der Waals surface area contributed by atoms with Crippen LogP contribution in [0.2, 0.25) is 5.02 Å². The first kappa shape index (κ1) is 22.0. The van der Waals surface area contributed by atoms with E-state index >= 15 is 0 Å². The monoisotopic (exact) mass is 486 g/mol. The minimum absolute atomic E-state index is 0.0299. The number of H-pyrrole nitrogens is 1. The van der Waals surface area contributed by atoms with Crippen molar-refractivity contribution < 1.29 is 13.6 Å². The van der Waals surface area contributed by atoms with Crippen LogP contribution in [0.3, 0.4) is 0 Å². The van der Waals surface area contributed by atoms with Crippen molar-refractivity contribution in [1.82, 2.24) is 19.9 Å². The summed E-state index contributed by atoms with van der Waals surface area (Å²) in [4.78, 5) is 28.5. The molecule has 1 amide bonds. The number of amides is 1. The van der Waals surface area contributed by atoms with Crippen LogP contribution in [-0.2, 0) is 6.42 Å². The molecule has 1 N–H and O–H groups in total. The minimum atomic E-state index is -0.499. The maximum Gasteiger partial charge on any atom is 0.274 e. The third-order valence-electron chi connectivity index (χ3n) is 5.93. The van der Waals surface area contributed by atoms with E-state index in [2.05, 4.69) is 15.0 Å². The van der Waals surface area contributed by atoms with Gasteiger partial charge in [-0.05, 0) is 49.9 Å². The van der Waals surface area contributed by atoms with Crippen molar-refractivity contribution in [3.05, 3.63) is 69.6 Å². The predicted octanol–water partition coefficient (Wildman–Crippen LogP) is 6.16. The van der Waals surface area contributed by atoms with Gasteiger partial charge in [0.1, 0.15) is 23.2 Å². The Kier molecular flexibility index (Phi) is 5.88. The lowest BCUT2D eigenvalue weighted by Gasteiger charge is -2.35. The second-order valence-corrected chi connectivity index (χ2v) is 9.85. The molecule has 0 aliphatic carbocycles. The van der Waals surface area contributed by atoms with Crippen molar-refractivity contribution in [3.63, 3.8) is 0 Å². The molecule has 170 valence electrons. The number of thiazole rings is 1. The molecule has 4 aromatic rings. The zero-order chi connectivity index (χ0) is 23.1. The molecule has 0 radical (unpaired) electrons. The number of hydrogen-bond donors (Lipinski definition) is 1. The number of benzene rings is 2. The average molecular weight is 487 g/mol. The number of aromatic amines is 1. The lowest BCUT2D eigenvalue weighted by Crippen LogP contribution is -2.45. The van der Waals surface area contributed by atoms with E-state index in [-0.39, 0.29) is 22.8 Å². The average Bonchev–Trinajstić information content (AvgIpc) is 3.37. The summed E-state index contributed by atoms with van der Waals surface area (Å²) in [5.41, 5.74) is 2.35. The van der Waals surface area contributed by atoms with E-state index in [9.17, 15) is 13.6 Å². The number of likely N-dealkylation sites (tertiary alicyclic amines) is 1. The molecule has 1 aliphatic rings. The summed E-state index contributed by atoms with van der Waals surface area (Å²) < 4.78 is 27.2. The van der Waals surface area contributed by atoms with Crippen LogP contribution >= 0.6 is 22.9 Å². The van der Waals surface area contributed by atoms with Crippen molar-refractivity contribution in [1.29, 1.82) is 0 Å². The topological polar surface area (TPSA) is 61.9 Å². The third kappa shape index (κ3) is 4.37. The van der Waals surface area contributed by atoms with Crippen LogP contribution in [0.4, 0.5) is 8.78 Å². The van der Waals surface area contributed by atoms with Gasteiger partial charge in [0.25, 0.3) is 5.91 Å². The molecule has 0 saturated carbocycles. The summed E-state index contributed by atoms with van der Waals surface area (Å²) in [6, 6.07) is 8.90. The lowest BCUT2D eigenvalue weighted by molar-refractivity contribution is 0.0607. The number of hydrogen-bond acceptors (Lipinski definition) is 4. The SMILES string of the molecule is Cc1nc(C(=O)N2CCCCC2Cc2nc3cc(Cl)c(F)cc3[nH]2)c(-c2ccc(F)cc2)s1. The molecule has 9 heteroatoms. The lowest BCUT2D eigenvalue weighted by atomic mass is 9.98. The molecule has 1 fully saturated rings. The molecular weight excluding hydrogens is 466 g/mol. The highest BCUT2D eigenvalue weighted by Gasteiger charge is 2.31. The number of aryl methyl sites for hydroxylation is 1. The number of nitrogens with zero attached hydrogens (tertiary/aromatic N) is 3. The van der Waals surface area contributed by atoms with Crippen molar-refractivity contribution in [3.8, 4) is 10.4 Å². The van der Waals surface area contributed by atoms with Crippen LogP contribution in [0.15, 0.2) is 36.4 Å². The number of fused-ring (bicyclic) bond motifs is 1. The van der Waals surface area contributed by atoms with Gasteiger partial charge < -0.3 is 9.88 Å². The van der Waals surface area contributed by atoms with E-state index < -0.39 is 5.82 Å². The van der Waals surface area contributed by atoms with Gasteiger partial charge >= 0.3 is 0 Å². The predicted molar refractivity (Wildman–Crippen MR) is 126 cm³/mol. The molecule has 33 heavy (non-hydrogen) atoms. The highest BCUT2D eigenvalue weighted by atomic mass is 35.5. The van der Waals surface area contributed by atoms with Gasteiger partial charge in [0.15, 0.2) is 0 Å². The number of aromatic nitrogens is 3. The number of halogens is 3. The third-order valence-corrected chi connectivity index (χ3v) is 7.24. The Morgan fingerprint density at radius 1 is 1.21 bits per heavy atom. The summed E-state index contributed by atoms with van der Waals surface area (Å²) in [6.45, 7) is 2.49. The molecule has 1 saturated heterocycles. The van der Waals surface area contributed by atoms with E-state index in [0.717, 1.165) is 34.7 Å². The molecule has 1 unspecified atom stereocenters. The standard InChI is InChI=1S/C24H21ClF2N4OS/c1-13-28-22(23(33-13)14-5-7-15(26)8-6-14)24(32)31-9-3-2-4-16(31)10-21-29-19-11-17(25)18(27)12-20(19)30-21/h5-8,11-12,16H,2-4,9-10H2,1H3,(H,29,30). The van der Waals surface area contributed by atoms with E-state index in [0.29, 0.717) is 35.5 Å². The zero-order valence-corrected chi connectivity index (χ0v) is 19.4. The first-order valence-corrected chi connectivity index (χ1v) is 12.0. The van der Waals surface area contributed by atoms with E-state index in [1.165, 1.54) is 35.6 Å². The number of carbonyl (C=O) groups is 1. The quantitative estimate of drug-likeness (QED) is 0.375. The molecule has 0 bridgehead atoms. The van der Waals surface area contributed by atoms with Crippen molar-refractivity contribution >= 4 is 39.9 Å². The molecular formula is C24H21ClF2N4OS. The molecule has 2 aromatic heterocycles. The Labute approximate surface area is 198 Å². The van der Waals surface area contributed by atoms with Crippen molar-refractivity contribution in [2.45, 2.75) is 38.6 Å². The van der Waals surface area contributed by atoms with Gasteiger partial charge in [0.2, 0.25) is 0 Å². The van der Waals surface area contributed by atoms with Gasteiger partial charge in [-0.15, -0.1) is 11.3 Å². The van der Waals surface area contributed by atoms with Crippen LogP contribution in [0.5, 0.6) is 0 Å². The maximum atomic E-state index is 13.8. The largest absolute Gasteiger partial charge is 0.342 e. The van der Waals surface area contributed by atoms with Gasteiger partial charge in [-0.3, -0.25) is 4.79 Å². The number of nitrogens with one attached hydrogen (secondary N) is 1. The minimum Gasteiger partial charge on any atom is -0.342 e. The molecule has 5 rings (SSSR count). The molecule has 3 heterocycles. The highest BCUT2D eigenvalue weighted by Crippen LogP contribution is 2.33. The summed E-state index contributed by atoms with van der Waals surface area (Å²) >= 11 is 7.32. The Morgan fingerprint density at radius 3 is 2.79 bits per heavy atom. The number of piperidine rings is 1. The molecule has 0 spiro atoms. The van der Waals surface area contributed by atoms with Gasteiger partial charge in [-0.25, -0.2) is 18.7 Å². The van der Waals surface area contributed by atoms with Crippen molar-refractivity contribution in [2.75, 3.05) is 6.54 Å². The Morgan fingerprint density at radius 2 is 2.00 bits per heavy atom. The maximum absolute atomic E-state index is 13.8. The van der Waals surface area contributed by atoms with E-state index in [1.54, 1.807) is 12.1 Å². The second-order valence-electron chi connectivity index (χ2n) is 8.24. The normalized spacial score (nSPS) is 16.5. The van der Waals surface area contributed by atoms with Crippen LogP contribution in [0, 0.1) is 18.6 Å². The first-order valence-electron chi connectivity index (χ1n) is 10.8. The Balaban J connectivity index is 1.43. The van der Waals surface area contributed by atoms with Gasteiger partial charge in [0.05, 0.1) is 25.9 Å². The fourth-order valence-electron chi connectivity index (χ4n) is 4.36. The summed E-state index contributed by atoms with van der Waals surface area (Å²) in [7, 11) is 0. The van der Waals surface area contributed by atoms with Crippen LogP contribution in [0.25, 0.3) is 21.5 Å². The molecule has 2 aromatic carbocycles. The fourth-order valence-corrected chi connectivity index (χ4v) is 5.44. The number of imidazole rings is 1. The Hall–Kier alpha value is -2.84. The van der Waals surface area contributed by atoms with Crippen LogP contribution in [0.1, 0.15) is 40.6 Å². The summed E-state index contributed by atoms with van der Waals surface area (Å²) in [5, 5.41) is 0.810. The Bertz CT molecular complexity index is 1300. The molecule has 1 atom stereocenters. The smallest absolute Gasteiger partial charge is 0.274 e. The van der Waals surface area contributed by atoms with Crippen molar-refractivity contribution in [2.24, 2.45) is 0 Å².